The number of aliphatic hydroxyl groups is 1. The van der Waals surface area contributed by atoms with Crippen LogP contribution in [-0.2, 0) is 19.0 Å². The number of nitrogens with zero attached hydrogens (tertiary/aromatic N) is 1. The van der Waals surface area contributed by atoms with E-state index in [-0.39, 0.29) is 17.5 Å². The highest BCUT2D eigenvalue weighted by molar-refractivity contribution is 5.61. The molecule has 0 aliphatic rings. The summed E-state index contributed by atoms with van der Waals surface area (Å²) in [6, 6.07) is 2.16. The third kappa shape index (κ3) is 3.35. The number of aliphatic hydroxyl groups excluding tert-OH is 1. The lowest BCUT2D eigenvalue weighted by Crippen LogP contribution is -2.11. The van der Waals surface area contributed by atoms with Gasteiger partial charge < -0.3 is 9.63 Å². The Balaban J connectivity index is 2.60. The highest BCUT2D eigenvalue weighted by atomic mass is 19.4. The van der Waals surface area contributed by atoms with Gasteiger partial charge in [0.05, 0.1) is 11.1 Å². The monoisotopic (exact) mass is 311 g/mol. The molecule has 1 aromatic heterocycles. The minimum absolute atomic E-state index is 0.0243. The quantitative estimate of drug-likeness (QED) is 0.856. The predicted octanol–water partition coefficient (Wildman–Crippen LogP) is 3.87. The third-order valence-corrected chi connectivity index (χ3v) is 2.60. The van der Waals surface area contributed by atoms with Gasteiger partial charge in [0.2, 0.25) is 0 Å². The van der Waals surface area contributed by atoms with Gasteiger partial charge in [-0.25, -0.2) is 0 Å². The number of hydrogen-bond donors (Lipinski definition) is 1. The van der Waals surface area contributed by atoms with E-state index in [0.29, 0.717) is 12.1 Å². The van der Waals surface area contributed by atoms with E-state index in [1.54, 1.807) is 0 Å². The van der Waals surface area contributed by atoms with Gasteiger partial charge in [0.25, 0.3) is 0 Å². The molecule has 0 saturated heterocycles. The molecule has 0 unspecified atom stereocenters. The van der Waals surface area contributed by atoms with Gasteiger partial charge in [-0.3, -0.25) is 0 Å². The molecule has 0 spiro atoms. The number of alkyl halides is 6. The van der Waals surface area contributed by atoms with Crippen LogP contribution >= 0.6 is 0 Å². The lowest BCUT2D eigenvalue weighted by Gasteiger charge is -2.13. The summed E-state index contributed by atoms with van der Waals surface area (Å²) in [7, 11) is 0. The molecule has 114 valence electrons. The molecule has 0 saturated carbocycles. The molecule has 0 fully saturated rings. The van der Waals surface area contributed by atoms with Gasteiger partial charge in [0.15, 0.2) is 5.76 Å². The average molecular weight is 311 g/mol. The zero-order chi connectivity index (χ0) is 15.8. The Bertz CT molecular complexity index is 612. The molecular weight excluding hydrogens is 304 g/mol. The van der Waals surface area contributed by atoms with E-state index in [0.717, 1.165) is 6.07 Å². The molecule has 1 aromatic carbocycles. The van der Waals surface area contributed by atoms with Crippen molar-refractivity contribution in [2.24, 2.45) is 0 Å². The first-order chi connectivity index (χ1) is 9.61. The summed E-state index contributed by atoms with van der Waals surface area (Å²) in [5, 5.41) is 12.1. The second-order valence-corrected chi connectivity index (χ2v) is 4.13. The maximum Gasteiger partial charge on any atom is 0.416 e. The molecule has 0 aliphatic carbocycles. The topological polar surface area (TPSA) is 46.3 Å². The second kappa shape index (κ2) is 5.06. The first-order valence-corrected chi connectivity index (χ1v) is 5.47. The summed E-state index contributed by atoms with van der Waals surface area (Å²) in [5.74, 6) is -0.0732. The van der Waals surface area contributed by atoms with Crippen LogP contribution in [0.25, 0.3) is 11.3 Å². The summed E-state index contributed by atoms with van der Waals surface area (Å²) < 4.78 is 80.6. The molecule has 0 amide bonds. The van der Waals surface area contributed by atoms with Crippen molar-refractivity contribution in [3.8, 4) is 11.3 Å². The molecule has 2 aromatic rings. The summed E-state index contributed by atoms with van der Waals surface area (Å²) in [4.78, 5) is 0. The Labute approximate surface area is 113 Å². The standard InChI is InChI=1S/C12H7F6NO2/c13-11(14,15)7-1-6(2-8(3-7)12(16,17)18)10-4-9(5-20)21-19-10/h1-4,20H,5H2. The van der Waals surface area contributed by atoms with Crippen LogP contribution in [0.3, 0.4) is 0 Å². The Kier molecular flexibility index (Phi) is 3.70. The molecule has 0 atom stereocenters. The highest BCUT2D eigenvalue weighted by Crippen LogP contribution is 2.38. The molecule has 21 heavy (non-hydrogen) atoms. The molecule has 3 nitrogen and oxygen atoms in total. The first-order valence-electron chi connectivity index (χ1n) is 5.47. The van der Waals surface area contributed by atoms with E-state index in [1.165, 1.54) is 0 Å². The summed E-state index contributed by atoms with van der Waals surface area (Å²) in [6.45, 7) is -0.571. The van der Waals surface area contributed by atoms with Gasteiger partial charge in [-0.05, 0) is 18.2 Å². The van der Waals surface area contributed by atoms with E-state index in [2.05, 4.69) is 9.68 Å². The largest absolute Gasteiger partial charge is 0.416 e. The zero-order valence-electron chi connectivity index (χ0n) is 10.1. The van der Waals surface area contributed by atoms with E-state index in [9.17, 15) is 26.3 Å². The normalized spacial score (nSPS) is 12.7. The van der Waals surface area contributed by atoms with Crippen LogP contribution in [0.2, 0.25) is 0 Å². The molecule has 0 bridgehead atoms. The van der Waals surface area contributed by atoms with Gasteiger partial charge >= 0.3 is 12.4 Å². The van der Waals surface area contributed by atoms with Gasteiger partial charge in [-0.1, -0.05) is 5.16 Å². The van der Waals surface area contributed by atoms with Crippen molar-refractivity contribution in [1.82, 2.24) is 5.16 Å². The highest BCUT2D eigenvalue weighted by Gasteiger charge is 2.37. The maximum atomic E-state index is 12.7. The van der Waals surface area contributed by atoms with Crippen molar-refractivity contribution in [3.05, 3.63) is 41.2 Å². The molecule has 0 radical (unpaired) electrons. The smallest absolute Gasteiger partial charge is 0.388 e. The van der Waals surface area contributed by atoms with Crippen LogP contribution in [0.1, 0.15) is 16.9 Å². The van der Waals surface area contributed by atoms with Crippen LogP contribution in [0.5, 0.6) is 0 Å². The SMILES string of the molecule is OCc1cc(-c2cc(C(F)(F)F)cc(C(F)(F)F)c2)no1. The predicted molar refractivity (Wildman–Crippen MR) is 57.9 cm³/mol. The summed E-state index contributed by atoms with van der Waals surface area (Å²) in [6.07, 6.45) is -9.86. The molecule has 0 aliphatic heterocycles. The number of hydrogen-bond acceptors (Lipinski definition) is 3. The fourth-order valence-corrected chi connectivity index (χ4v) is 1.63. The molecular formula is C12H7F6NO2. The summed E-state index contributed by atoms with van der Waals surface area (Å²) in [5.41, 5.74) is -3.52. The van der Waals surface area contributed by atoms with E-state index < -0.39 is 35.6 Å². The van der Waals surface area contributed by atoms with Crippen molar-refractivity contribution in [1.29, 1.82) is 0 Å². The maximum absolute atomic E-state index is 12.7. The fourth-order valence-electron chi connectivity index (χ4n) is 1.63. The lowest BCUT2D eigenvalue weighted by molar-refractivity contribution is -0.143. The molecule has 9 heteroatoms. The number of benzene rings is 1. The minimum atomic E-state index is -4.93. The Morgan fingerprint density at radius 3 is 1.81 bits per heavy atom. The van der Waals surface area contributed by atoms with Crippen LogP contribution in [0, 0.1) is 0 Å². The average Bonchev–Trinajstić information content (AvgIpc) is 2.85. The van der Waals surface area contributed by atoms with Crippen molar-refractivity contribution >= 4 is 0 Å². The second-order valence-electron chi connectivity index (χ2n) is 4.13. The van der Waals surface area contributed by atoms with Gasteiger partial charge in [-0.2, -0.15) is 26.3 Å². The minimum Gasteiger partial charge on any atom is -0.388 e. The van der Waals surface area contributed by atoms with Crippen molar-refractivity contribution in [3.63, 3.8) is 0 Å². The number of aromatic nitrogens is 1. The van der Waals surface area contributed by atoms with Gasteiger partial charge in [-0.15, -0.1) is 0 Å². The van der Waals surface area contributed by atoms with E-state index in [4.69, 9.17) is 5.11 Å². The molecule has 1 N–H and O–H groups in total. The van der Waals surface area contributed by atoms with Crippen molar-refractivity contribution in [2.45, 2.75) is 19.0 Å². The van der Waals surface area contributed by atoms with Crippen LogP contribution in [-0.4, -0.2) is 10.3 Å². The Hall–Kier alpha value is -2.03. The van der Waals surface area contributed by atoms with E-state index >= 15 is 0 Å². The van der Waals surface area contributed by atoms with Crippen LogP contribution in [0.15, 0.2) is 28.8 Å². The van der Waals surface area contributed by atoms with Crippen molar-refractivity contribution < 1.29 is 36.0 Å². The Morgan fingerprint density at radius 1 is 0.905 bits per heavy atom. The van der Waals surface area contributed by atoms with Gasteiger partial charge in [0, 0.05) is 11.6 Å². The zero-order valence-corrected chi connectivity index (χ0v) is 10.1. The third-order valence-electron chi connectivity index (χ3n) is 2.60. The van der Waals surface area contributed by atoms with Crippen LogP contribution in [0.4, 0.5) is 26.3 Å². The number of halogens is 6. The van der Waals surface area contributed by atoms with Gasteiger partial charge in [0.1, 0.15) is 12.3 Å². The fraction of sp³-hybridized carbons (Fsp3) is 0.250. The van der Waals surface area contributed by atoms with E-state index in [1.807, 2.05) is 0 Å². The molecule has 1 heterocycles. The Morgan fingerprint density at radius 2 is 1.43 bits per heavy atom. The van der Waals surface area contributed by atoms with Crippen molar-refractivity contribution in [2.75, 3.05) is 0 Å². The summed E-state index contributed by atoms with van der Waals surface area (Å²) >= 11 is 0. The first kappa shape index (κ1) is 15.4. The molecule has 2 rings (SSSR count). The lowest BCUT2D eigenvalue weighted by atomic mass is 10.0. The number of rotatable bonds is 2. The van der Waals surface area contributed by atoms with Crippen LogP contribution < -0.4 is 0 Å².